The molecule has 0 aliphatic heterocycles. The molecular formula is C3H5N2S+. The standard InChI is InChI=1S/C3H5N2S/c1-5-2-4-3-6-5/h2-3H,1H3/q+1. The predicted octanol–water partition coefficient (Wildman–Crippen LogP) is -0.0324. The molecule has 2 nitrogen and oxygen atoms in total. The molecule has 0 saturated heterocycles. The average molecular weight is 101 g/mol. The summed E-state index contributed by atoms with van der Waals surface area (Å²) in [4.78, 5) is 3.80. The summed E-state index contributed by atoms with van der Waals surface area (Å²) in [7, 11) is 1.96. The topological polar surface area (TPSA) is 16.8 Å². The van der Waals surface area contributed by atoms with Crippen molar-refractivity contribution in [3.05, 3.63) is 11.8 Å². The van der Waals surface area contributed by atoms with E-state index in [2.05, 4.69) is 4.98 Å². The second-order valence-corrected chi connectivity index (χ2v) is 2.02. The quantitative estimate of drug-likeness (QED) is 0.419. The maximum absolute atomic E-state index is 3.80. The van der Waals surface area contributed by atoms with Gasteiger partial charge in [-0.1, -0.05) is 0 Å². The van der Waals surface area contributed by atoms with Gasteiger partial charge in [0, 0.05) is 0 Å². The molecule has 0 saturated carbocycles. The van der Waals surface area contributed by atoms with Gasteiger partial charge in [0.25, 0.3) is 6.33 Å². The highest BCUT2D eigenvalue weighted by atomic mass is 32.1. The van der Waals surface area contributed by atoms with E-state index in [1.807, 2.05) is 11.0 Å². The van der Waals surface area contributed by atoms with E-state index >= 15 is 0 Å². The van der Waals surface area contributed by atoms with Gasteiger partial charge < -0.3 is 0 Å². The number of rotatable bonds is 0. The van der Waals surface area contributed by atoms with Crippen LogP contribution in [0.1, 0.15) is 0 Å². The van der Waals surface area contributed by atoms with Gasteiger partial charge in [-0.3, -0.25) is 0 Å². The number of nitrogens with zero attached hydrogens (tertiary/aromatic N) is 2. The van der Waals surface area contributed by atoms with E-state index in [9.17, 15) is 0 Å². The van der Waals surface area contributed by atoms with Crippen molar-refractivity contribution in [2.75, 3.05) is 0 Å². The third-order valence-corrected chi connectivity index (χ3v) is 1.15. The maximum atomic E-state index is 3.80. The van der Waals surface area contributed by atoms with Gasteiger partial charge in [0.2, 0.25) is 5.51 Å². The SMILES string of the molecule is C[n+]1cncs1. The molecule has 0 fully saturated rings. The number of hydrogen-bond donors (Lipinski definition) is 0. The number of aromatic nitrogens is 2. The third-order valence-electron chi connectivity index (χ3n) is 0.504. The molecule has 6 heavy (non-hydrogen) atoms. The minimum atomic E-state index is 1.58. The fourth-order valence-corrected chi connectivity index (χ4v) is 0.616. The van der Waals surface area contributed by atoms with Crippen molar-refractivity contribution in [1.82, 2.24) is 4.98 Å². The molecule has 0 unspecified atom stereocenters. The third kappa shape index (κ3) is 0.542. The highest BCUT2D eigenvalue weighted by molar-refractivity contribution is 6.99. The van der Waals surface area contributed by atoms with Crippen LogP contribution in [0.4, 0.5) is 0 Å². The lowest BCUT2D eigenvalue weighted by atomic mass is 11.2. The van der Waals surface area contributed by atoms with Gasteiger partial charge in [-0.05, 0) is 4.98 Å². The Morgan fingerprint density at radius 2 is 2.67 bits per heavy atom. The highest BCUT2D eigenvalue weighted by Crippen LogP contribution is 1.73. The zero-order valence-electron chi connectivity index (χ0n) is 3.46. The summed E-state index contributed by atoms with van der Waals surface area (Å²) in [5.74, 6) is 0. The average Bonchev–Trinajstić information content (AvgIpc) is 1.86. The summed E-state index contributed by atoms with van der Waals surface area (Å²) in [6.07, 6.45) is 1.77. The minimum absolute atomic E-state index is 1.58. The first kappa shape index (κ1) is 3.74. The normalized spacial score (nSPS) is 8.83. The Labute approximate surface area is 40.2 Å². The first-order valence-corrected chi connectivity index (χ1v) is 2.48. The Balaban J connectivity index is 3.05. The van der Waals surface area contributed by atoms with Crippen molar-refractivity contribution in [2.45, 2.75) is 0 Å². The molecule has 0 aliphatic rings. The van der Waals surface area contributed by atoms with Gasteiger partial charge >= 0.3 is 0 Å². The van der Waals surface area contributed by atoms with Gasteiger partial charge in [0.15, 0.2) is 0 Å². The zero-order valence-corrected chi connectivity index (χ0v) is 4.27. The van der Waals surface area contributed by atoms with E-state index < -0.39 is 0 Å². The van der Waals surface area contributed by atoms with Gasteiger partial charge in [0.1, 0.15) is 0 Å². The van der Waals surface area contributed by atoms with E-state index in [1.165, 1.54) is 0 Å². The molecule has 32 valence electrons. The summed E-state index contributed by atoms with van der Waals surface area (Å²) in [6, 6.07) is 0. The van der Waals surface area contributed by atoms with Gasteiger partial charge in [0.05, 0.1) is 18.6 Å². The monoisotopic (exact) mass is 101 g/mol. The largest absolute Gasteiger partial charge is 0.298 e. The van der Waals surface area contributed by atoms with Crippen LogP contribution in [-0.2, 0) is 7.05 Å². The Morgan fingerprint density at radius 1 is 1.83 bits per heavy atom. The smallest absolute Gasteiger partial charge is 0.179 e. The lowest BCUT2D eigenvalue weighted by molar-refractivity contribution is -0.603. The maximum Gasteiger partial charge on any atom is 0.298 e. The molecule has 0 radical (unpaired) electrons. The lowest BCUT2D eigenvalue weighted by Crippen LogP contribution is -2.19. The van der Waals surface area contributed by atoms with Crippen molar-refractivity contribution >= 4 is 11.5 Å². The molecule has 0 bridgehead atoms. The van der Waals surface area contributed by atoms with Crippen LogP contribution in [-0.4, -0.2) is 4.98 Å². The molecule has 0 N–H and O–H groups in total. The van der Waals surface area contributed by atoms with Crippen LogP contribution < -0.4 is 3.96 Å². The molecule has 1 rings (SSSR count). The van der Waals surface area contributed by atoms with E-state index in [-0.39, 0.29) is 0 Å². The molecule has 1 aromatic rings. The van der Waals surface area contributed by atoms with Crippen LogP contribution >= 0.6 is 11.5 Å². The van der Waals surface area contributed by atoms with Crippen molar-refractivity contribution in [2.24, 2.45) is 7.05 Å². The summed E-state index contributed by atoms with van der Waals surface area (Å²) >= 11 is 1.58. The van der Waals surface area contributed by atoms with Crippen molar-refractivity contribution < 1.29 is 3.96 Å². The second kappa shape index (κ2) is 1.34. The molecule has 0 spiro atoms. The predicted molar refractivity (Wildman–Crippen MR) is 23.3 cm³/mol. The Kier molecular flexibility index (Phi) is 0.837. The van der Waals surface area contributed by atoms with Crippen LogP contribution in [0.15, 0.2) is 11.8 Å². The van der Waals surface area contributed by atoms with Crippen molar-refractivity contribution in [3.63, 3.8) is 0 Å². The van der Waals surface area contributed by atoms with Crippen molar-refractivity contribution in [3.8, 4) is 0 Å². The minimum Gasteiger partial charge on any atom is -0.179 e. The first-order chi connectivity index (χ1) is 2.89. The Bertz CT molecular complexity index is 112. The summed E-state index contributed by atoms with van der Waals surface area (Å²) in [5.41, 5.74) is 1.79. The molecule has 0 aromatic carbocycles. The lowest BCUT2D eigenvalue weighted by Gasteiger charge is -1.62. The zero-order chi connectivity index (χ0) is 4.41. The van der Waals surface area contributed by atoms with E-state index in [4.69, 9.17) is 0 Å². The van der Waals surface area contributed by atoms with Gasteiger partial charge in [-0.2, -0.15) is 3.96 Å². The fourth-order valence-electron chi connectivity index (χ4n) is 0.250. The van der Waals surface area contributed by atoms with E-state index in [0.29, 0.717) is 0 Å². The van der Waals surface area contributed by atoms with Crippen LogP contribution in [0.3, 0.4) is 0 Å². The van der Waals surface area contributed by atoms with Crippen LogP contribution in [0.5, 0.6) is 0 Å². The molecular weight excluding hydrogens is 96.1 g/mol. The second-order valence-electron chi connectivity index (χ2n) is 1.02. The van der Waals surface area contributed by atoms with E-state index in [0.717, 1.165) is 0 Å². The fraction of sp³-hybridized carbons (Fsp3) is 0.333. The Hall–Kier alpha value is -0.440. The van der Waals surface area contributed by atoms with Gasteiger partial charge in [-0.15, -0.1) is 0 Å². The highest BCUT2D eigenvalue weighted by Gasteiger charge is 1.84. The summed E-state index contributed by atoms with van der Waals surface area (Å²) < 4.78 is 1.93. The summed E-state index contributed by atoms with van der Waals surface area (Å²) in [5, 5.41) is 0. The van der Waals surface area contributed by atoms with Crippen LogP contribution in [0, 0.1) is 0 Å². The number of hydrogen-bond acceptors (Lipinski definition) is 2. The molecule has 1 heterocycles. The van der Waals surface area contributed by atoms with Crippen LogP contribution in [0.25, 0.3) is 0 Å². The van der Waals surface area contributed by atoms with E-state index in [1.54, 1.807) is 23.4 Å². The molecule has 1 aromatic heterocycles. The van der Waals surface area contributed by atoms with Crippen molar-refractivity contribution in [1.29, 1.82) is 0 Å². The Morgan fingerprint density at radius 3 is 2.83 bits per heavy atom. The molecule has 0 amide bonds. The molecule has 3 heteroatoms. The number of aryl methyl sites for hydroxylation is 1. The molecule has 0 atom stereocenters. The summed E-state index contributed by atoms with van der Waals surface area (Å²) in [6.45, 7) is 0. The first-order valence-electron chi connectivity index (χ1n) is 1.64. The molecule has 0 aliphatic carbocycles. The van der Waals surface area contributed by atoms with Crippen LogP contribution in [0.2, 0.25) is 0 Å². The van der Waals surface area contributed by atoms with Gasteiger partial charge in [-0.25, -0.2) is 0 Å².